The Morgan fingerprint density at radius 2 is 0.793 bits per heavy atom. The first-order valence-electron chi connectivity index (χ1n) is 19.9. The van der Waals surface area contributed by atoms with Crippen LogP contribution in [-0.2, 0) is 0 Å². The molecule has 0 N–H and O–H groups in total. The van der Waals surface area contributed by atoms with E-state index >= 15 is 0 Å². The molecule has 12 aromatic rings. The van der Waals surface area contributed by atoms with E-state index in [1.807, 2.05) is 0 Å². The number of nitrogens with zero attached hydrogens (tertiary/aromatic N) is 2. The van der Waals surface area contributed by atoms with Crippen LogP contribution in [0.3, 0.4) is 0 Å². The van der Waals surface area contributed by atoms with E-state index in [0.29, 0.717) is 14.5 Å². The van der Waals surface area contributed by atoms with Crippen molar-refractivity contribution in [3.05, 3.63) is 218 Å². The molecule has 3 aromatic heterocycles. The molecule has 0 radical (unpaired) electrons. The molecule has 12 rings (SSSR count). The standard InChI is InChI=1S/C54H36GeN2Se/c1-4-17-37(18-5-1)55(38-19-6-2-7-20-38,39-21-8-3-9-22-39)40-23-16-24-41(35-40)56-47-28-13-10-25-43(47)46-36-42(31-32-49(46)56)57-48-29-14-11-26-44(48)53-50(57)33-34-52-54(53)45-27-12-15-30-51(45)58-52/h1-36H. The zero-order valence-electron chi connectivity index (χ0n) is 31.6. The average molecular weight is 864 g/mol. The number of rotatable bonds is 6. The van der Waals surface area contributed by atoms with Crippen LogP contribution in [-0.4, -0.2) is 36.9 Å². The van der Waals surface area contributed by atoms with Crippen molar-refractivity contribution in [1.29, 1.82) is 0 Å². The Kier molecular flexibility index (Phi) is 7.78. The monoisotopic (exact) mass is 866 g/mol. The molecule has 9 aromatic carbocycles. The van der Waals surface area contributed by atoms with E-state index in [2.05, 4.69) is 228 Å². The molecular weight excluding hydrogens is 828 g/mol. The summed E-state index contributed by atoms with van der Waals surface area (Å²) in [6.07, 6.45) is 0. The van der Waals surface area contributed by atoms with E-state index in [0.717, 1.165) is 0 Å². The van der Waals surface area contributed by atoms with E-state index in [1.165, 1.54) is 91.9 Å². The van der Waals surface area contributed by atoms with Crippen LogP contribution in [0.1, 0.15) is 0 Å². The van der Waals surface area contributed by atoms with Crippen molar-refractivity contribution in [2.75, 3.05) is 0 Å². The van der Waals surface area contributed by atoms with Gasteiger partial charge in [0.1, 0.15) is 0 Å². The van der Waals surface area contributed by atoms with Crippen LogP contribution in [0, 0.1) is 0 Å². The molecule has 272 valence electrons. The Balaban J connectivity index is 1.10. The Morgan fingerprint density at radius 1 is 0.293 bits per heavy atom. The molecule has 0 saturated heterocycles. The molecule has 0 atom stereocenters. The van der Waals surface area contributed by atoms with Crippen molar-refractivity contribution in [1.82, 2.24) is 9.13 Å². The molecule has 0 amide bonds. The van der Waals surface area contributed by atoms with Crippen molar-refractivity contribution in [3.63, 3.8) is 0 Å². The molecule has 0 unspecified atom stereocenters. The zero-order chi connectivity index (χ0) is 38.2. The fourth-order valence-electron chi connectivity index (χ4n) is 9.87. The molecule has 0 aliphatic rings. The van der Waals surface area contributed by atoms with Gasteiger partial charge >= 0.3 is 347 Å². The first-order valence-corrected chi connectivity index (χ1v) is 25.8. The van der Waals surface area contributed by atoms with Gasteiger partial charge < -0.3 is 0 Å². The molecule has 0 spiro atoms. The van der Waals surface area contributed by atoms with Crippen LogP contribution < -0.4 is 17.6 Å². The number of benzene rings is 9. The van der Waals surface area contributed by atoms with Crippen LogP contribution in [0.5, 0.6) is 0 Å². The summed E-state index contributed by atoms with van der Waals surface area (Å²) in [5, 5.41) is 8.00. The van der Waals surface area contributed by atoms with Crippen molar-refractivity contribution in [2.45, 2.75) is 0 Å². The van der Waals surface area contributed by atoms with E-state index in [1.54, 1.807) is 0 Å². The van der Waals surface area contributed by atoms with Gasteiger partial charge in [-0.3, -0.25) is 0 Å². The number of aromatic nitrogens is 2. The number of para-hydroxylation sites is 2. The Bertz CT molecular complexity index is 3410. The van der Waals surface area contributed by atoms with Crippen LogP contribution in [0.25, 0.3) is 74.3 Å². The molecule has 2 nitrogen and oxygen atoms in total. The second kappa shape index (κ2) is 13.4. The summed E-state index contributed by atoms with van der Waals surface area (Å²) in [5.41, 5.74) is 7.28. The van der Waals surface area contributed by atoms with Crippen LogP contribution in [0.15, 0.2) is 218 Å². The topological polar surface area (TPSA) is 9.86 Å². The zero-order valence-corrected chi connectivity index (χ0v) is 35.4. The SMILES string of the molecule is c1cc[c]([Ge]([c]2ccccc2)([c]2ccccc2)[c]2cccc(-n3c4ccccc4c4cc(-n5c6ccccc6c6c7c(ccc65)[se]c5ccccc57)ccc43)c2)cc1. The van der Waals surface area contributed by atoms with Gasteiger partial charge in [-0.25, -0.2) is 0 Å². The van der Waals surface area contributed by atoms with Gasteiger partial charge in [0.15, 0.2) is 0 Å². The van der Waals surface area contributed by atoms with Gasteiger partial charge in [-0.15, -0.1) is 0 Å². The third-order valence-electron chi connectivity index (χ3n) is 12.2. The van der Waals surface area contributed by atoms with E-state index in [9.17, 15) is 0 Å². The number of hydrogen-bond acceptors (Lipinski definition) is 0. The van der Waals surface area contributed by atoms with Crippen molar-refractivity contribution in [3.8, 4) is 11.4 Å². The van der Waals surface area contributed by atoms with Gasteiger partial charge in [0, 0.05) is 0 Å². The first-order chi connectivity index (χ1) is 28.8. The maximum atomic E-state index is 2.50. The molecular formula is C54H36GeN2Se. The van der Waals surface area contributed by atoms with Crippen molar-refractivity contribution in [2.24, 2.45) is 0 Å². The fourth-order valence-corrected chi connectivity index (χ4v) is 22.3. The molecule has 0 saturated carbocycles. The van der Waals surface area contributed by atoms with Gasteiger partial charge in [0.25, 0.3) is 0 Å². The molecule has 4 heteroatoms. The van der Waals surface area contributed by atoms with Crippen molar-refractivity contribution < 1.29 is 0 Å². The summed E-state index contributed by atoms with van der Waals surface area (Å²) in [5.74, 6) is 0. The van der Waals surface area contributed by atoms with Crippen molar-refractivity contribution >= 4 is 108 Å². The molecule has 0 aliphatic heterocycles. The second-order valence-corrected chi connectivity index (χ2v) is 25.5. The van der Waals surface area contributed by atoms with Crippen LogP contribution in [0.4, 0.5) is 0 Å². The minimum absolute atomic E-state index is 0.313. The summed E-state index contributed by atoms with van der Waals surface area (Å²) >= 11 is -3.17. The summed E-state index contributed by atoms with van der Waals surface area (Å²) in [7, 11) is 0. The Labute approximate surface area is 345 Å². The summed E-state index contributed by atoms with van der Waals surface area (Å²) < 4.78 is 13.6. The molecule has 3 heterocycles. The van der Waals surface area contributed by atoms with Gasteiger partial charge in [0.05, 0.1) is 0 Å². The van der Waals surface area contributed by atoms with Crippen LogP contribution >= 0.6 is 0 Å². The summed E-state index contributed by atoms with van der Waals surface area (Å²) in [6, 6.07) is 82.0. The predicted octanol–water partition coefficient (Wildman–Crippen LogP) is 10.6. The van der Waals surface area contributed by atoms with E-state index < -0.39 is 13.3 Å². The van der Waals surface area contributed by atoms with Gasteiger partial charge in [-0.2, -0.15) is 0 Å². The third kappa shape index (κ3) is 4.91. The maximum absolute atomic E-state index is 3.49. The normalized spacial score (nSPS) is 12.1. The first kappa shape index (κ1) is 33.8. The van der Waals surface area contributed by atoms with Gasteiger partial charge in [-0.05, 0) is 0 Å². The fraction of sp³-hybridized carbons (Fsp3) is 0. The minimum atomic E-state index is -3.49. The number of hydrogen-bond donors (Lipinski definition) is 0. The second-order valence-electron chi connectivity index (χ2n) is 15.2. The molecule has 0 fully saturated rings. The predicted molar refractivity (Wildman–Crippen MR) is 251 cm³/mol. The molecule has 58 heavy (non-hydrogen) atoms. The van der Waals surface area contributed by atoms with Gasteiger partial charge in [-0.1, -0.05) is 0 Å². The number of fused-ring (bicyclic) bond motifs is 10. The van der Waals surface area contributed by atoms with E-state index in [-0.39, 0.29) is 0 Å². The van der Waals surface area contributed by atoms with Gasteiger partial charge in [0.2, 0.25) is 0 Å². The average Bonchev–Trinajstić information content (AvgIpc) is 3.95. The molecule has 0 aliphatic carbocycles. The quantitative estimate of drug-likeness (QED) is 0.147. The Morgan fingerprint density at radius 3 is 1.48 bits per heavy atom. The Hall–Kier alpha value is -6.36. The summed E-state index contributed by atoms with van der Waals surface area (Å²) in [6.45, 7) is 0. The summed E-state index contributed by atoms with van der Waals surface area (Å²) in [4.78, 5) is 0. The van der Waals surface area contributed by atoms with Crippen LogP contribution in [0.2, 0.25) is 0 Å². The third-order valence-corrected chi connectivity index (χ3v) is 24.7. The molecule has 0 bridgehead atoms. The van der Waals surface area contributed by atoms with E-state index in [4.69, 9.17) is 0 Å².